The van der Waals surface area contributed by atoms with E-state index >= 15 is 0 Å². The maximum atomic E-state index is 12.1. The van der Waals surface area contributed by atoms with Gasteiger partial charge in [0.2, 0.25) is 0 Å². The molecule has 0 aliphatic carbocycles. The van der Waals surface area contributed by atoms with Crippen molar-refractivity contribution in [2.45, 2.75) is 58.2 Å². The molecule has 4 nitrogen and oxygen atoms in total. The molecular formula is C11H21N2O2. The van der Waals surface area contributed by atoms with Crippen molar-refractivity contribution in [1.29, 1.82) is 0 Å². The van der Waals surface area contributed by atoms with Gasteiger partial charge in [-0.2, -0.15) is 0 Å². The smallest absolute Gasteiger partial charge is 0.134 e. The van der Waals surface area contributed by atoms with E-state index in [2.05, 4.69) is 0 Å². The van der Waals surface area contributed by atoms with Crippen LogP contribution in [0.25, 0.3) is 0 Å². The monoisotopic (exact) mass is 213 g/mol. The van der Waals surface area contributed by atoms with Crippen LogP contribution < -0.4 is 5.73 Å². The highest BCUT2D eigenvalue weighted by Crippen LogP contribution is 2.39. The third-order valence-electron chi connectivity index (χ3n) is 3.56. The van der Waals surface area contributed by atoms with Crippen molar-refractivity contribution < 1.29 is 10.0 Å². The Bertz CT molecular complexity index is 274. The van der Waals surface area contributed by atoms with Crippen molar-refractivity contribution in [2.75, 3.05) is 0 Å². The van der Waals surface area contributed by atoms with Crippen molar-refractivity contribution >= 4 is 5.78 Å². The first kappa shape index (κ1) is 12.6. The molecule has 15 heavy (non-hydrogen) atoms. The third kappa shape index (κ3) is 1.94. The molecular weight excluding hydrogens is 192 g/mol. The first-order valence-corrected chi connectivity index (χ1v) is 5.34. The van der Waals surface area contributed by atoms with Gasteiger partial charge in [-0.05, 0) is 41.0 Å². The number of piperidine rings is 1. The second kappa shape index (κ2) is 3.54. The normalized spacial score (nSPS) is 35.1. The fraction of sp³-hybridized carbons (Fsp3) is 0.909. The average molecular weight is 213 g/mol. The number of hydrogen-bond donors (Lipinski definition) is 1. The van der Waals surface area contributed by atoms with Crippen LogP contribution in [0.15, 0.2) is 0 Å². The van der Waals surface area contributed by atoms with Crippen LogP contribution in [-0.2, 0) is 10.0 Å². The van der Waals surface area contributed by atoms with Gasteiger partial charge in [-0.1, -0.05) is 0 Å². The van der Waals surface area contributed by atoms with Gasteiger partial charge in [0.05, 0.1) is 5.54 Å². The summed E-state index contributed by atoms with van der Waals surface area (Å²) in [6.45, 7) is 8.90. The molecule has 0 saturated carbocycles. The molecule has 4 heteroatoms. The fourth-order valence-electron chi connectivity index (χ4n) is 2.55. The van der Waals surface area contributed by atoms with E-state index in [1.54, 1.807) is 6.92 Å². The zero-order chi connectivity index (χ0) is 12.0. The Morgan fingerprint density at radius 1 is 1.33 bits per heavy atom. The van der Waals surface area contributed by atoms with Crippen molar-refractivity contribution in [2.24, 2.45) is 11.7 Å². The molecule has 0 aromatic carbocycles. The standard InChI is InChI=1S/C11H21N2O2/c1-7(14)8-6-10(2,3)13(15)11(4,5)9(8)12/h8-9H,6,12H2,1-5H3. The van der Waals surface area contributed by atoms with Crippen LogP contribution in [0.3, 0.4) is 0 Å². The molecule has 1 fully saturated rings. The number of ketones is 1. The Morgan fingerprint density at radius 3 is 2.20 bits per heavy atom. The summed E-state index contributed by atoms with van der Waals surface area (Å²) in [6.07, 6.45) is 0.538. The molecule has 2 atom stereocenters. The molecule has 0 aromatic heterocycles. The minimum atomic E-state index is -0.682. The first-order chi connectivity index (χ1) is 6.60. The molecule has 1 saturated heterocycles. The van der Waals surface area contributed by atoms with E-state index in [4.69, 9.17) is 5.73 Å². The lowest BCUT2D eigenvalue weighted by Crippen LogP contribution is -2.69. The summed E-state index contributed by atoms with van der Waals surface area (Å²) in [5, 5.41) is 13.1. The minimum absolute atomic E-state index is 0.0803. The molecule has 0 bridgehead atoms. The number of carbonyl (C=O) groups is 1. The Kier molecular flexibility index (Phi) is 2.98. The van der Waals surface area contributed by atoms with Gasteiger partial charge in [0.25, 0.3) is 0 Å². The predicted octanol–water partition coefficient (Wildman–Crippen LogP) is 1.13. The fourth-order valence-corrected chi connectivity index (χ4v) is 2.55. The second-order valence-corrected chi connectivity index (χ2v) is 5.71. The van der Waals surface area contributed by atoms with Crippen LogP contribution in [0.4, 0.5) is 0 Å². The van der Waals surface area contributed by atoms with Gasteiger partial charge in [0, 0.05) is 17.5 Å². The van der Waals surface area contributed by atoms with Gasteiger partial charge in [-0.3, -0.25) is 4.79 Å². The largest absolute Gasteiger partial charge is 0.325 e. The summed E-state index contributed by atoms with van der Waals surface area (Å²) in [6, 6.07) is -0.388. The summed E-state index contributed by atoms with van der Waals surface area (Å²) in [4.78, 5) is 11.5. The summed E-state index contributed by atoms with van der Waals surface area (Å²) in [5.74, 6) is -0.128. The Labute approximate surface area is 91.4 Å². The molecule has 1 rings (SSSR count). The Balaban J connectivity index is 3.07. The molecule has 0 aromatic rings. The lowest BCUT2D eigenvalue weighted by molar-refractivity contribution is -0.296. The van der Waals surface area contributed by atoms with Crippen LogP contribution in [0.5, 0.6) is 0 Å². The van der Waals surface area contributed by atoms with E-state index < -0.39 is 11.1 Å². The zero-order valence-corrected chi connectivity index (χ0v) is 10.2. The minimum Gasteiger partial charge on any atom is -0.325 e. The number of nitrogens with two attached hydrogens (primary N) is 1. The second-order valence-electron chi connectivity index (χ2n) is 5.71. The van der Waals surface area contributed by atoms with Gasteiger partial charge in [-0.15, -0.1) is 10.3 Å². The number of rotatable bonds is 1. The summed E-state index contributed by atoms with van der Waals surface area (Å²) in [5.41, 5.74) is 4.81. The van der Waals surface area contributed by atoms with Gasteiger partial charge < -0.3 is 5.73 Å². The average Bonchev–Trinajstić information content (AvgIpc) is 2.09. The van der Waals surface area contributed by atoms with E-state index in [9.17, 15) is 10.0 Å². The molecule has 2 unspecified atom stereocenters. The van der Waals surface area contributed by atoms with Crippen molar-refractivity contribution in [3.8, 4) is 0 Å². The number of hydrogen-bond acceptors (Lipinski definition) is 3. The molecule has 0 amide bonds. The summed E-state index contributed by atoms with van der Waals surface area (Å²) < 4.78 is 0. The molecule has 0 spiro atoms. The van der Waals surface area contributed by atoms with E-state index in [0.29, 0.717) is 6.42 Å². The molecule has 1 aliphatic rings. The van der Waals surface area contributed by atoms with Gasteiger partial charge in [0.1, 0.15) is 5.78 Å². The van der Waals surface area contributed by atoms with E-state index in [-0.39, 0.29) is 17.7 Å². The molecule has 1 radical (unpaired) electrons. The molecule has 2 N–H and O–H groups in total. The Morgan fingerprint density at radius 2 is 1.80 bits per heavy atom. The highest BCUT2D eigenvalue weighted by atomic mass is 16.5. The van der Waals surface area contributed by atoms with Crippen LogP contribution in [0.2, 0.25) is 0 Å². The van der Waals surface area contributed by atoms with Gasteiger partial charge >= 0.3 is 0 Å². The van der Waals surface area contributed by atoms with Crippen LogP contribution in [0.1, 0.15) is 41.0 Å². The maximum Gasteiger partial charge on any atom is 0.134 e. The summed E-state index contributed by atoms with van der Waals surface area (Å²) >= 11 is 0. The molecule has 1 heterocycles. The highest BCUT2D eigenvalue weighted by molar-refractivity contribution is 5.79. The van der Waals surface area contributed by atoms with Crippen molar-refractivity contribution in [3.63, 3.8) is 0 Å². The maximum absolute atomic E-state index is 12.1. The lowest BCUT2D eigenvalue weighted by Gasteiger charge is -2.53. The number of carbonyl (C=O) groups excluding carboxylic acids is 1. The van der Waals surface area contributed by atoms with E-state index in [1.165, 1.54) is 0 Å². The van der Waals surface area contributed by atoms with E-state index in [0.717, 1.165) is 5.06 Å². The number of nitrogens with zero attached hydrogens (tertiary/aromatic N) is 1. The lowest BCUT2D eigenvalue weighted by atomic mass is 9.70. The third-order valence-corrected chi connectivity index (χ3v) is 3.56. The van der Waals surface area contributed by atoms with Crippen LogP contribution in [-0.4, -0.2) is 28.0 Å². The van der Waals surface area contributed by atoms with E-state index in [1.807, 2.05) is 27.7 Å². The molecule has 87 valence electrons. The molecule has 1 aliphatic heterocycles. The summed E-state index contributed by atoms with van der Waals surface area (Å²) in [7, 11) is 0. The van der Waals surface area contributed by atoms with Crippen LogP contribution >= 0.6 is 0 Å². The van der Waals surface area contributed by atoms with Gasteiger partial charge in [0.15, 0.2) is 0 Å². The van der Waals surface area contributed by atoms with Crippen molar-refractivity contribution in [1.82, 2.24) is 5.06 Å². The van der Waals surface area contributed by atoms with Gasteiger partial charge in [-0.25, -0.2) is 0 Å². The Hall–Kier alpha value is -0.450. The number of hydroxylamine groups is 2. The first-order valence-electron chi connectivity index (χ1n) is 5.34. The SMILES string of the molecule is CC(=O)C1CC(C)(C)N([O])C(C)(C)C1N. The van der Waals surface area contributed by atoms with Crippen molar-refractivity contribution in [3.05, 3.63) is 0 Å². The topological polar surface area (TPSA) is 66.2 Å². The highest BCUT2D eigenvalue weighted by Gasteiger charge is 2.52. The van der Waals surface area contributed by atoms with Crippen LogP contribution in [0, 0.1) is 5.92 Å². The zero-order valence-electron chi connectivity index (χ0n) is 10.2. The quantitative estimate of drug-likeness (QED) is 0.710. The number of Topliss-reactive ketones (excluding diaryl/α,β-unsaturated/α-hetero) is 1. The predicted molar refractivity (Wildman–Crippen MR) is 57.4 cm³/mol.